The number of amides is 1. The molecule has 0 saturated carbocycles. The van der Waals surface area contributed by atoms with Gasteiger partial charge in [-0.25, -0.2) is 4.79 Å². The van der Waals surface area contributed by atoms with Gasteiger partial charge in [0.05, 0.1) is 13.1 Å². The fraction of sp³-hybridized carbons (Fsp3) is 0.500. The van der Waals surface area contributed by atoms with Gasteiger partial charge < -0.3 is 10.5 Å². The topological polar surface area (TPSA) is 57.2 Å². The van der Waals surface area contributed by atoms with Crippen LogP contribution in [-0.2, 0) is 11.3 Å². The predicted molar refractivity (Wildman–Crippen MR) is 70.8 cm³/mol. The van der Waals surface area contributed by atoms with Crippen LogP contribution in [0.5, 0.6) is 0 Å². The fourth-order valence-electron chi connectivity index (χ4n) is 1.56. The van der Waals surface area contributed by atoms with Gasteiger partial charge in [-0.1, -0.05) is 30.3 Å². The van der Waals surface area contributed by atoms with Gasteiger partial charge in [-0.2, -0.15) is 0 Å². The highest BCUT2D eigenvalue weighted by Gasteiger charge is 2.22. The molecule has 0 atom stereocenters. The lowest BCUT2D eigenvalue weighted by Gasteiger charge is -2.26. The van der Waals surface area contributed by atoms with Crippen molar-refractivity contribution in [2.75, 3.05) is 13.1 Å². The largest absolute Gasteiger partial charge is 0.444 e. The average molecular weight is 251 g/mol. The van der Waals surface area contributed by atoms with Crippen LogP contribution in [0, 0.1) is 0 Å². The molecule has 0 saturated heterocycles. The standard InChI is InChI=1S/C14H22N2O2/c1-14(2,3)18-13(17)16(10-9-15)11-12-7-5-4-6-8-12/h4-8H,9-11,15H2,1-3H3/p+1. The Bertz CT molecular complexity index is 371. The van der Waals surface area contributed by atoms with Crippen LogP contribution in [-0.4, -0.2) is 29.7 Å². The number of rotatable bonds is 4. The van der Waals surface area contributed by atoms with Crippen LogP contribution in [0.1, 0.15) is 26.3 Å². The van der Waals surface area contributed by atoms with Crippen molar-refractivity contribution in [3.05, 3.63) is 35.9 Å². The van der Waals surface area contributed by atoms with E-state index in [1.807, 2.05) is 51.1 Å². The Morgan fingerprint density at radius 1 is 1.28 bits per heavy atom. The Hall–Kier alpha value is -1.55. The summed E-state index contributed by atoms with van der Waals surface area (Å²) in [5.74, 6) is 0. The van der Waals surface area contributed by atoms with E-state index in [2.05, 4.69) is 5.73 Å². The second-order valence-corrected chi connectivity index (χ2v) is 5.24. The maximum Gasteiger partial charge on any atom is 0.410 e. The highest BCUT2D eigenvalue weighted by atomic mass is 16.6. The smallest absolute Gasteiger partial charge is 0.410 e. The molecule has 18 heavy (non-hydrogen) atoms. The minimum Gasteiger partial charge on any atom is -0.444 e. The molecule has 0 aliphatic carbocycles. The second-order valence-electron chi connectivity index (χ2n) is 5.24. The molecular weight excluding hydrogens is 228 g/mol. The first-order valence-corrected chi connectivity index (χ1v) is 6.23. The van der Waals surface area contributed by atoms with Crippen LogP contribution < -0.4 is 5.73 Å². The lowest BCUT2D eigenvalue weighted by Crippen LogP contribution is -2.55. The lowest BCUT2D eigenvalue weighted by atomic mass is 10.2. The maximum absolute atomic E-state index is 12.0. The number of nitrogens with zero attached hydrogens (tertiary/aromatic N) is 1. The second kappa shape index (κ2) is 6.40. The summed E-state index contributed by atoms with van der Waals surface area (Å²) in [5, 5.41) is 0. The molecule has 3 N–H and O–H groups in total. The molecule has 1 amide bonds. The van der Waals surface area contributed by atoms with E-state index in [0.717, 1.165) is 5.56 Å². The zero-order valence-electron chi connectivity index (χ0n) is 11.5. The third-order valence-corrected chi connectivity index (χ3v) is 2.30. The molecular formula is C14H23N2O2+. The van der Waals surface area contributed by atoms with Gasteiger partial charge in [0.15, 0.2) is 0 Å². The van der Waals surface area contributed by atoms with Crippen LogP contribution in [0.3, 0.4) is 0 Å². The summed E-state index contributed by atoms with van der Waals surface area (Å²) in [7, 11) is 0. The Morgan fingerprint density at radius 3 is 2.39 bits per heavy atom. The SMILES string of the molecule is CC(C)(C)OC(=O)N(CC[NH3+])Cc1ccccc1. The summed E-state index contributed by atoms with van der Waals surface area (Å²) in [6.45, 7) is 7.45. The Kier molecular flexibility index (Phi) is 5.16. The van der Waals surface area contributed by atoms with Crippen LogP contribution in [0.4, 0.5) is 4.79 Å². The number of quaternary nitrogens is 1. The first-order valence-electron chi connectivity index (χ1n) is 6.23. The molecule has 0 aromatic heterocycles. The number of benzene rings is 1. The summed E-state index contributed by atoms with van der Waals surface area (Å²) in [5.41, 5.74) is 4.43. The van der Waals surface area contributed by atoms with E-state index in [9.17, 15) is 4.79 Å². The van der Waals surface area contributed by atoms with Crippen molar-refractivity contribution in [2.24, 2.45) is 0 Å². The Balaban J connectivity index is 2.68. The van der Waals surface area contributed by atoms with Crippen molar-refractivity contribution >= 4 is 6.09 Å². The molecule has 1 rings (SSSR count). The predicted octanol–water partition coefficient (Wildman–Crippen LogP) is 1.67. The van der Waals surface area contributed by atoms with Crippen molar-refractivity contribution in [3.8, 4) is 0 Å². The van der Waals surface area contributed by atoms with Gasteiger partial charge in [0, 0.05) is 6.54 Å². The van der Waals surface area contributed by atoms with Crippen molar-refractivity contribution < 1.29 is 15.3 Å². The third kappa shape index (κ3) is 5.19. The van der Waals surface area contributed by atoms with Gasteiger partial charge in [0.2, 0.25) is 0 Å². The molecule has 0 fully saturated rings. The van der Waals surface area contributed by atoms with Crippen molar-refractivity contribution in [3.63, 3.8) is 0 Å². The van der Waals surface area contributed by atoms with Gasteiger partial charge in [-0.15, -0.1) is 0 Å². The minimum atomic E-state index is -0.465. The number of hydrogen-bond acceptors (Lipinski definition) is 2. The van der Waals surface area contributed by atoms with Crippen LogP contribution in [0.2, 0.25) is 0 Å². The van der Waals surface area contributed by atoms with Crippen LogP contribution in [0.15, 0.2) is 30.3 Å². The Morgan fingerprint density at radius 2 is 1.89 bits per heavy atom. The number of carbonyl (C=O) groups is 1. The molecule has 4 nitrogen and oxygen atoms in total. The van der Waals surface area contributed by atoms with Gasteiger partial charge in [-0.3, -0.25) is 4.90 Å². The highest BCUT2D eigenvalue weighted by Crippen LogP contribution is 2.12. The van der Waals surface area contributed by atoms with Crippen molar-refractivity contribution in [1.29, 1.82) is 0 Å². The summed E-state index contributed by atoms with van der Waals surface area (Å²) in [6.07, 6.45) is -0.282. The van der Waals surface area contributed by atoms with Gasteiger partial charge in [0.1, 0.15) is 5.60 Å². The zero-order chi connectivity index (χ0) is 13.6. The van der Waals surface area contributed by atoms with E-state index in [1.54, 1.807) is 4.90 Å². The summed E-state index contributed by atoms with van der Waals surface area (Å²) in [6, 6.07) is 9.89. The van der Waals surface area contributed by atoms with Gasteiger partial charge in [-0.05, 0) is 26.3 Å². The summed E-state index contributed by atoms with van der Waals surface area (Å²) in [4.78, 5) is 13.7. The molecule has 1 aromatic rings. The van der Waals surface area contributed by atoms with E-state index in [1.165, 1.54) is 0 Å². The number of carbonyl (C=O) groups excluding carboxylic acids is 1. The van der Waals surface area contributed by atoms with Crippen molar-refractivity contribution in [2.45, 2.75) is 32.9 Å². The zero-order valence-corrected chi connectivity index (χ0v) is 11.5. The van der Waals surface area contributed by atoms with E-state index in [4.69, 9.17) is 4.74 Å². The highest BCUT2D eigenvalue weighted by molar-refractivity contribution is 5.68. The number of ether oxygens (including phenoxy) is 1. The van der Waals surface area contributed by atoms with E-state index < -0.39 is 5.60 Å². The molecule has 0 unspecified atom stereocenters. The quantitative estimate of drug-likeness (QED) is 0.885. The molecule has 4 heteroatoms. The maximum atomic E-state index is 12.0. The first kappa shape index (κ1) is 14.5. The first-order chi connectivity index (χ1) is 8.42. The molecule has 0 heterocycles. The van der Waals surface area contributed by atoms with E-state index in [0.29, 0.717) is 19.6 Å². The molecule has 100 valence electrons. The van der Waals surface area contributed by atoms with Crippen LogP contribution in [0.25, 0.3) is 0 Å². The van der Waals surface area contributed by atoms with Crippen LogP contribution >= 0.6 is 0 Å². The number of hydrogen-bond donors (Lipinski definition) is 1. The van der Waals surface area contributed by atoms with Crippen molar-refractivity contribution in [1.82, 2.24) is 4.90 Å². The molecule has 0 radical (unpaired) electrons. The summed E-state index contributed by atoms with van der Waals surface area (Å²) < 4.78 is 5.38. The fourth-order valence-corrected chi connectivity index (χ4v) is 1.56. The lowest BCUT2D eigenvalue weighted by molar-refractivity contribution is -0.368. The molecule has 0 aliphatic heterocycles. The third-order valence-electron chi connectivity index (χ3n) is 2.30. The Labute approximate surface area is 109 Å². The normalized spacial score (nSPS) is 11.1. The summed E-state index contributed by atoms with van der Waals surface area (Å²) >= 11 is 0. The molecule has 0 aliphatic rings. The monoisotopic (exact) mass is 251 g/mol. The van der Waals surface area contributed by atoms with Gasteiger partial charge >= 0.3 is 6.09 Å². The van der Waals surface area contributed by atoms with E-state index >= 15 is 0 Å². The molecule has 1 aromatic carbocycles. The average Bonchev–Trinajstić information content (AvgIpc) is 2.27. The molecule has 0 bridgehead atoms. The van der Waals surface area contributed by atoms with Gasteiger partial charge in [0.25, 0.3) is 0 Å². The molecule has 0 spiro atoms. The van der Waals surface area contributed by atoms with E-state index in [-0.39, 0.29) is 6.09 Å². The minimum absolute atomic E-state index is 0.282.